The van der Waals surface area contributed by atoms with E-state index < -0.39 is 8.32 Å². The zero-order valence-corrected chi connectivity index (χ0v) is 20.4. The summed E-state index contributed by atoms with van der Waals surface area (Å²) in [4.78, 5) is 14.7. The van der Waals surface area contributed by atoms with Gasteiger partial charge in [-0.15, -0.1) is 0 Å². The summed E-state index contributed by atoms with van der Waals surface area (Å²) in [7, 11) is -0.298. The molecule has 0 saturated heterocycles. The maximum Gasteiger partial charge on any atom is 0.418 e. The van der Waals surface area contributed by atoms with Gasteiger partial charge in [-0.05, 0) is 79.3 Å². The van der Waals surface area contributed by atoms with E-state index in [2.05, 4.69) is 33.9 Å². The number of carbonyl (C=O) groups is 1. The molecule has 2 saturated carbocycles. The first-order valence-electron chi connectivity index (χ1n) is 11.5. The SMILES string of the molecule is COC(=O)N(C1=C(CCO[Si](C)(C)C(C)(C)C)[C@H]2[C@@H]3CC[C@@H](C3)[C@@H]12)c1ccccc1. The van der Waals surface area contributed by atoms with Crippen LogP contribution in [-0.4, -0.2) is 28.1 Å². The van der Waals surface area contributed by atoms with Crippen molar-refractivity contribution in [2.24, 2.45) is 23.7 Å². The zero-order chi connectivity index (χ0) is 21.7. The van der Waals surface area contributed by atoms with Gasteiger partial charge in [-0.2, -0.15) is 0 Å². The van der Waals surface area contributed by atoms with Crippen LogP contribution >= 0.6 is 0 Å². The van der Waals surface area contributed by atoms with E-state index in [0.717, 1.165) is 30.6 Å². The Labute approximate surface area is 182 Å². The molecule has 0 aliphatic heterocycles. The van der Waals surface area contributed by atoms with E-state index in [0.29, 0.717) is 11.8 Å². The Balaban J connectivity index is 1.64. The number of amides is 1. The minimum atomic E-state index is -1.78. The fraction of sp³-hybridized carbons (Fsp3) is 0.640. The molecule has 2 fully saturated rings. The molecule has 3 aliphatic rings. The second-order valence-corrected chi connectivity index (χ2v) is 15.6. The Kier molecular flexibility index (Phi) is 5.65. The Hall–Kier alpha value is -1.59. The number of carbonyl (C=O) groups excluding carboxylic acids is 1. The molecular weight excluding hydrogens is 390 g/mol. The van der Waals surface area contributed by atoms with Crippen molar-refractivity contribution >= 4 is 20.1 Å². The molecular formula is C25H37NO3Si. The van der Waals surface area contributed by atoms with Crippen molar-refractivity contribution in [1.82, 2.24) is 0 Å². The molecule has 0 unspecified atom stereocenters. The van der Waals surface area contributed by atoms with Gasteiger partial charge in [0.05, 0.1) is 12.8 Å². The molecule has 0 N–H and O–H groups in total. The van der Waals surface area contributed by atoms with Crippen LogP contribution in [0.1, 0.15) is 46.5 Å². The molecule has 1 amide bonds. The first-order chi connectivity index (χ1) is 14.2. The number of fused-ring (bicyclic) bond motifs is 5. The number of methoxy groups -OCH3 is 1. The molecule has 3 aliphatic carbocycles. The minimum Gasteiger partial charge on any atom is -0.452 e. The lowest BCUT2D eigenvalue weighted by Gasteiger charge is -2.48. The Morgan fingerprint density at radius 3 is 2.33 bits per heavy atom. The highest BCUT2D eigenvalue weighted by Gasteiger charge is 2.58. The van der Waals surface area contributed by atoms with Crippen molar-refractivity contribution in [1.29, 1.82) is 0 Å². The van der Waals surface area contributed by atoms with Crippen molar-refractivity contribution in [2.45, 2.75) is 64.6 Å². The van der Waals surface area contributed by atoms with Gasteiger partial charge in [-0.3, -0.25) is 0 Å². The quantitative estimate of drug-likeness (QED) is 0.480. The molecule has 0 aromatic heterocycles. The Morgan fingerprint density at radius 1 is 1.10 bits per heavy atom. The van der Waals surface area contributed by atoms with E-state index in [1.165, 1.54) is 37.6 Å². The van der Waals surface area contributed by atoms with Gasteiger partial charge in [-0.25, -0.2) is 9.69 Å². The lowest BCUT2D eigenvalue weighted by Crippen LogP contribution is -2.47. The molecule has 0 radical (unpaired) electrons. The molecule has 4 nitrogen and oxygen atoms in total. The topological polar surface area (TPSA) is 38.8 Å². The van der Waals surface area contributed by atoms with E-state index in [9.17, 15) is 4.79 Å². The van der Waals surface area contributed by atoms with Crippen LogP contribution in [0.2, 0.25) is 18.1 Å². The van der Waals surface area contributed by atoms with Crippen LogP contribution in [0.3, 0.4) is 0 Å². The van der Waals surface area contributed by atoms with Crippen molar-refractivity contribution < 1.29 is 14.0 Å². The number of para-hydroxylation sites is 1. The van der Waals surface area contributed by atoms with E-state index in [-0.39, 0.29) is 11.1 Å². The highest BCUT2D eigenvalue weighted by molar-refractivity contribution is 6.74. The summed E-state index contributed by atoms with van der Waals surface area (Å²) in [6.45, 7) is 12.2. The monoisotopic (exact) mass is 427 g/mol. The fourth-order valence-corrected chi connectivity index (χ4v) is 6.75. The normalized spacial score (nSPS) is 27.7. The summed E-state index contributed by atoms with van der Waals surface area (Å²) in [5, 5.41) is 0.209. The highest BCUT2D eigenvalue weighted by atomic mass is 28.4. The van der Waals surface area contributed by atoms with Crippen LogP contribution in [0, 0.1) is 23.7 Å². The molecule has 4 atom stereocenters. The third-order valence-corrected chi connectivity index (χ3v) is 12.8. The van der Waals surface area contributed by atoms with E-state index in [1.807, 2.05) is 35.2 Å². The lowest BCUT2D eigenvalue weighted by molar-refractivity contribution is 0.171. The number of rotatable bonds is 6. The maximum atomic E-state index is 12.9. The second kappa shape index (κ2) is 7.83. The number of allylic oxidation sites excluding steroid dienone is 1. The third kappa shape index (κ3) is 3.54. The van der Waals surface area contributed by atoms with E-state index in [1.54, 1.807) is 0 Å². The van der Waals surface area contributed by atoms with Gasteiger partial charge < -0.3 is 9.16 Å². The molecule has 30 heavy (non-hydrogen) atoms. The van der Waals surface area contributed by atoms with Crippen LogP contribution in [0.5, 0.6) is 0 Å². The van der Waals surface area contributed by atoms with Crippen molar-refractivity contribution in [2.75, 3.05) is 18.6 Å². The minimum absolute atomic E-state index is 0.209. The molecule has 164 valence electrons. The highest BCUT2D eigenvalue weighted by Crippen LogP contribution is 2.65. The van der Waals surface area contributed by atoms with Gasteiger partial charge in [-0.1, -0.05) is 39.0 Å². The fourth-order valence-electron chi connectivity index (χ4n) is 5.71. The van der Waals surface area contributed by atoms with Gasteiger partial charge >= 0.3 is 6.09 Å². The Bertz CT molecular complexity index is 827. The molecule has 2 bridgehead atoms. The number of hydrogen-bond donors (Lipinski definition) is 0. The lowest BCUT2D eigenvalue weighted by atomic mass is 9.62. The van der Waals surface area contributed by atoms with E-state index >= 15 is 0 Å². The van der Waals surface area contributed by atoms with Gasteiger partial charge in [0.25, 0.3) is 0 Å². The second-order valence-electron chi connectivity index (χ2n) is 10.8. The summed E-state index contributed by atoms with van der Waals surface area (Å²) in [5.41, 5.74) is 3.56. The molecule has 1 aromatic rings. The summed E-state index contributed by atoms with van der Waals surface area (Å²) < 4.78 is 11.8. The Morgan fingerprint density at radius 2 is 1.73 bits per heavy atom. The van der Waals surface area contributed by atoms with Crippen molar-refractivity contribution in [3.05, 3.63) is 41.6 Å². The number of hydrogen-bond acceptors (Lipinski definition) is 3. The van der Waals surface area contributed by atoms with Crippen LogP contribution in [0.4, 0.5) is 10.5 Å². The van der Waals surface area contributed by atoms with Crippen LogP contribution in [0.15, 0.2) is 41.6 Å². The number of ether oxygens (including phenoxy) is 1. The smallest absolute Gasteiger partial charge is 0.418 e. The average Bonchev–Trinajstić information content (AvgIpc) is 3.27. The van der Waals surface area contributed by atoms with Crippen molar-refractivity contribution in [3.8, 4) is 0 Å². The standard InChI is InChI=1S/C25H37NO3Si/c1-25(2,3)30(5,6)29-15-14-20-21-17-12-13-18(16-17)22(21)23(20)26(24(27)28-4)19-10-8-7-9-11-19/h7-11,17-18,21-22H,12-16H2,1-6H3/t17-,18+,21-,22-/m1/s1. The van der Waals surface area contributed by atoms with E-state index in [4.69, 9.17) is 9.16 Å². The van der Waals surface area contributed by atoms with Crippen LogP contribution in [-0.2, 0) is 9.16 Å². The maximum absolute atomic E-state index is 12.9. The van der Waals surface area contributed by atoms with Crippen LogP contribution in [0.25, 0.3) is 0 Å². The summed E-state index contributed by atoms with van der Waals surface area (Å²) in [6, 6.07) is 9.98. The van der Waals surface area contributed by atoms with Gasteiger partial charge in [0.15, 0.2) is 8.32 Å². The van der Waals surface area contributed by atoms with Crippen LogP contribution < -0.4 is 4.90 Å². The predicted octanol–water partition coefficient (Wildman–Crippen LogP) is 6.60. The number of anilines is 1. The largest absolute Gasteiger partial charge is 0.452 e. The van der Waals surface area contributed by atoms with Gasteiger partial charge in [0.2, 0.25) is 0 Å². The van der Waals surface area contributed by atoms with Gasteiger partial charge in [0.1, 0.15) is 0 Å². The van der Waals surface area contributed by atoms with Gasteiger partial charge in [0, 0.05) is 18.2 Å². The summed E-state index contributed by atoms with van der Waals surface area (Å²) >= 11 is 0. The summed E-state index contributed by atoms with van der Waals surface area (Å²) in [5.74, 6) is 2.65. The molecule has 1 aromatic carbocycles. The molecule has 5 heteroatoms. The predicted molar refractivity (Wildman–Crippen MR) is 124 cm³/mol. The van der Waals surface area contributed by atoms with Crippen molar-refractivity contribution in [3.63, 3.8) is 0 Å². The summed E-state index contributed by atoms with van der Waals surface area (Å²) in [6.07, 6.45) is 4.60. The molecule has 0 spiro atoms. The number of nitrogens with zero attached hydrogens (tertiary/aromatic N) is 1. The zero-order valence-electron chi connectivity index (χ0n) is 19.4. The molecule has 4 rings (SSSR count). The molecule has 0 heterocycles. The average molecular weight is 428 g/mol. The third-order valence-electron chi connectivity index (χ3n) is 8.22. The first kappa shape index (κ1) is 21.6. The number of benzene rings is 1. The first-order valence-corrected chi connectivity index (χ1v) is 14.4.